The third kappa shape index (κ3) is 7.23. The summed E-state index contributed by atoms with van der Waals surface area (Å²) in [7, 11) is 0. The van der Waals surface area contributed by atoms with Crippen LogP contribution in [0.5, 0.6) is 5.75 Å². The standard InChI is InChI=1S/C30H42N2O4/c1-29(2,3)36-28(33)32-20-18-31(19-21-32)22-27(30(34)16-8-5-9-17-30)25-12-14-26(15-13-25)35-23-24-10-6-4-7-11-24/h4,6-7,10-15,27,34H,5,8-9,16-23H2,1-3H3. The monoisotopic (exact) mass is 494 g/mol. The number of nitrogens with zero attached hydrogens (tertiary/aromatic N) is 2. The Kier molecular flexibility index (Phi) is 8.58. The molecule has 1 heterocycles. The molecule has 0 aromatic heterocycles. The van der Waals surface area contributed by atoms with Gasteiger partial charge in [0.25, 0.3) is 0 Å². The molecular formula is C30H42N2O4. The molecule has 1 saturated carbocycles. The number of benzene rings is 2. The Morgan fingerprint density at radius 3 is 2.19 bits per heavy atom. The van der Waals surface area contributed by atoms with Gasteiger partial charge in [0.2, 0.25) is 0 Å². The maximum Gasteiger partial charge on any atom is 0.410 e. The second-order valence-electron chi connectivity index (χ2n) is 11.3. The Hall–Kier alpha value is -2.57. The van der Waals surface area contributed by atoms with E-state index >= 15 is 0 Å². The number of hydrogen-bond acceptors (Lipinski definition) is 5. The van der Waals surface area contributed by atoms with Crippen molar-refractivity contribution in [3.05, 3.63) is 65.7 Å². The highest BCUT2D eigenvalue weighted by molar-refractivity contribution is 5.68. The molecule has 4 rings (SSSR count). The minimum Gasteiger partial charge on any atom is -0.489 e. The van der Waals surface area contributed by atoms with E-state index in [-0.39, 0.29) is 12.0 Å². The van der Waals surface area contributed by atoms with Crippen LogP contribution in [0.4, 0.5) is 4.79 Å². The van der Waals surface area contributed by atoms with Gasteiger partial charge < -0.3 is 19.5 Å². The van der Waals surface area contributed by atoms with Crippen LogP contribution in [0.25, 0.3) is 0 Å². The molecule has 1 amide bonds. The highest BCUT2D eigenvalue weighted by Crippen LogP contribution is 2.41. The third-order valence-electron chi connectivity index (χ3n) is 7.36. The molecule has 1 N–H and O–H groups in total. The molecule has 1 aliphatic carbocycles. The highest BCUT2D eigenvalue weighted by atomic mass is 16.6. The van der Waals surface area contributed by atoms with Crippen molar-refractivity contribution in [2.45, 2.75) is 76.6 Å². The molecule has 0 radical (unpaired) electrons. The molecule has 0 spiro atoms. The van der Waals surface area contributed by atoms with E-state index in [9.17, 15) is 9.90 Å². The molecular weight excluding hydrogens is 452 g/mol. The van der Waals surface area contributed by atoms with Gasteiger partial charge in [-0.05, 0) is 56.9 Å². The van der Waals surface area contributed by atoms with Gasteiger partial charge in [0.05, 0.1) is 5.60 Å². The number of piperazine rings is 1. The Labute approximate surface area is 216 Å². The van der Waals surface area contributed by atoms with Crippen LogP contribution in [-0.2, 0) is 11.3 Å². The topological polar surface area (TPSA) is 62.2 Å². The van der Waals surface area contributed by atoms with Gasteiger partial charge in [0, 0.05) is 38.6 Å². The lowest BCUT2D eigenvalue weighted by atomic mass is 9.72. The fourth-order valence-corrected chi connectivity index (χ4v) is 5.33. The molecule has 1 saturated heterocycles. The van der Waals surface area contributed by atoms with Gasteiger partial charge in [-0.25, -0.2) is 4.79 Å². The molecule has 2 fully saturated rings. The minimum absolute atomic E-state index is 0.0223. The molecule has 2 aromatic rings. The molecule has 6 nitrogen and oxygen atoms in total. The fraction of sp³-hybridized carbons (Fsp3) is 0.567. The number of aliphatic hydroxyl groups is 1. The summed E-state index contributed by atoms with van der Waals surface area (Å²) in [5.41, 5.74) is 1.11. The molecule has 1 unspecified atom stereocenters. The maximum atomic E-state index is 12.5. The second-order valence-corrected chi connectivity index (χ2v) is 11.3. The first-order chi connectivity index (χ1) is 17.2. The van der Waals surface area contributed by atoms with Crippen molar-refractivity contribution in [1.82, 2.24) is 9.80 Å². The Morgan fingerprint density at radius 1 is 0.944 bits per heavy atom. The second kappa shape index (κ2) is 11.7. The minimum atomic E-state index is -0.701. The van der Waals surface area contributed by atoms with Crippen LogP contribution in [0, 0.1) is 0 Å². The van der Waals surface area contributed by atoms with Crippen LogP contribution in [-0.4, -0.2) is 64.9 Å². The van der Waals surface area contributed by atoms with Crippen LogP contribution in [0.1, 0.15) is 69.9 Å². The van der Waals surface area contributed by atoms with Crippen molar-refractivity contribution in [3.63, 3.8) is 0 Å². The first-order valence-electron chi connectivity index (χ1n) is 13.4. The summed E-state index contributed by atoms with van der Waals surface area (Å²) in [6.07, 6.45) is 4.75. The van der Waals surface area contributed by atoms with E-state index in [1.54, 1.807) is 4.90 Å². The zero-order valence-corrected chi connectivity index (χ0v) is 22.1. The van der Waals surface area contributed by atoms with Crippen molar-refractivity contribution < 1.29 is 19.4 Å². The van der Waals surface area contributed by atoms with Crippen LogP contribution in [0.2, 0.25) is 0 Å². The lowest BCUT2D eigenvalue weighted by Gasteiger charge is -2.43. The van der Waals surface area contributed by atoms with Crippen molar-refractivity contribution in [2.75, 3.05) is 32.7 Å². The maximum absolute atomic E-state index is 12.5. The van der Waals surface area contributed by atoms with Crippen molar-refractivity contribution in [1.29, 1.82) is 0 Å². The number of hydrogen-bond donors (Lipinski definition) is 1. The smallest absolute Gasteiger partial charge is 0.410 e. The van der Waals surface area contributed by atoms with Gasteiger partial charge in [-0.15, -0.1) is 0 Å². The van der Waals surface area contributed by atoms with E-state index in [2.05, 4.69) is 29.2 Å². The van der Waals surface area contributed by atoms with E-state index < -0.39 is 11.2 Å². The molecule has 1 aliphatic heterocycles. The number of carbonyl (C=O) groups is 1. The van der Waals surface area contributed by atoms with E-state index in [4.69, 9.17) is 9.47 Å². The van der Waals surface area contributed by atoms with Crippen LogP contribution in [0.3, 0.4) is 0 Å². The Balaban J connectivity index is 1.41. The average Bonchev–Trinajstić information content (AvgIpc) is 2.87. The van der Waals surface area contributed by atoms with Crippen LogP contribution in [0.15, 0.2) is 54.6 Å². The van der Waals surface area contributed by atoms with Gasteiger partial charge in [-0.3, -0.25) is 4.90 Å². The van der Waals surface area contributed by atoms with E-state index in [1.165, 1.54) is 6.42 Å². The van der Waals surface area contributed by atoms with Crippen molar-refractivity contribution >= 4 is 6.09 Å². The predicted molar refractivity (Wildman–Crippen MR) is 142 cm³/mol. The SMILES string of the molecule is CC(C)(C)OC(=O)N1CCN(CC(c2ccc(OCc3ccccc3)cc2)C2(O)CCCCC2)CC1. The summed E-state index contributed by atoms with van der Waals surface area (Å²) in [6, 6.07) is 18.5. The molecule has 6 heteroatoms. The lowest BCUT2D eigenvalue weighted by molar-refractivity contribution is -0.0357. The highest BCUT2D eigenvalue weighted by Gasteiger charge is 2.40. The Morgan fingerprint density at radius 2 is 1.58 bits per heavy atom. The lowest BCUT2D eigenvalue weighted by Crippen LogP contribution is -2.52. The number of carbonyl (C=O) groups excluding carboxylic acids is 1. The zero-order chi connectivity index (χ0) is 25.6. The van der Waals surface area contributed by atoms with Crippen molar-refractivity contribution in [2.24, 2.45) is 0 Å². The van der Waals surface area contributed by atoms with Crippen molar-refractivity contribution in [3.8, 4) is 5.75 Å². The molecule has 0 bridgehead atoms. The predicted octanol–water partition coefficient (Wildman–Crippen LogP) is 5.60. The summed E-state index contributed by atoms with van der Waals surface area (Å²) in [4.78, 5) is 16.7. The van der Waals surface area contributed by atoms with Gasteiger partial charge in [0.15, 0.2) is 0 Å². The number of rotatable bonds is 7. The normalized spacial score (nSPS) is 19.5. The molecule has 196 valence electrons. The summed E-state index contributed by atoms with van der Waals surface area (Å²) in [5, 5.41) is 11.8. The van der Waals surface area contributed by atoms with Gasteiger partial charge in [-0.1, -0.05) is 61.7 Å². The summed E-state index contributed by atoms with van der Waals surface area (Å²) >= 11 is 0. The largest absolute Gasteiger partial charge is 0.489 e. The van der Waals surface area contributed by atoms with Crippen LogP contribution < -0.4 is 4.74 Å². The van der Waals surface area contributed by atoms with E-state index in [1.807, 2.05) is 51.1 Å². The molecule has 2 aliphatic rings. The zero-order valence-electron chi connectivity index (χ0n) is 22.1. The molecule has 1 atom stereocenters. The molecule has 36 heavy (non-hydrogen) atoms. The first kappa shape index (κ1) is 26.5. The summed E-state index contributed by atoms with van der Waals surface area (Å²) in [5.74, 6) is 0.858. The van der Waals surface area contributed by atoms with Crippen LogP contribution >= 0.6 is 0 Å². The number of ether oxygens (including phenoxy) is 2. The quantitative estimate of drug-likeness (QED) is 0.543. The Bertz CT molecular complexity index is 957. The summed E-state index contributed by atoms with van der Waals surface area (Å²) < 4.78 is 11.5. The fourth-order valence-electron chi connectivity index (χ4n) is 5.33. The van der Waals surface area contributed by atoms with E-state index in [0.29, 0.717) is 19.7 Å². The van der Waals surface area contributed by atoms with Gasteiger partial charge >= 0.3 is 6.09 Å². The van der Waals surface area contributed by atoms with Gasteiger partial charge in [0.1, 0.15) is 18.0 Å². The summed E-state index contributed by atoms with van der Waals surface area (Å²) in [6.45, 7) is 9.86. The number of amides is 1. The average molecular weight is 495 g/mol. The first-order valence-corrected chi connectivity index (χ1v) is 13.4. The third-order valence-corrected chi connectivity index (χ3v) is 7.36. The molecule has 2 aromatic carbocycles. The van der Waals surface area contributed by atoms with E-state index in [0.717, 1.165) is 62.2 Å². The van der Waals surface area contributed by atoms with Gasteiger partial charge in [-0.2, -0.15) is 0 Å².